The van der Waals surface area contributed by atoms with Crippen molar-refractivity contribution < 1.29 is 5.17 Å². The molecule has 1 atom stereocenters. The molecule has 5 nitrogen and oxygen atoms in total. The maximum absolute atomic E-state index is 11.4. The molecule has 3 rings (SSSR count). The van der Waals surface area contributed by atoms with E-state index in [1.807, 2.05) is 41.9 Å². The van der Waals surface area contributed by atoms with E-state index < -0.39 is 0 Å². The van der Waals surface area contributed by atoms with Gasteiger partial charge in [-0.25, -0.2) is 10.2 Å². The van der Waals surface area contributed by atoms with E-state index in [1.54, 1.807) is 6.20 Å². The van der Waals surface area contributed by atoms with Gasteiger partial charge in [-0.1, -0.05) is 35.4 Å². The molecule has 1 unspecified atom stereocenters. The Bertz CT molecular complexity index is 603. The molecule has 1 N–H and O–H groups in total. The zero-order valence-electron chi connectivity index (χ0n) is 10.8. The van der Waals surface area contributed by atoms with E-state index in [2.05, 4.69) is 10.1 Å². The highest BCUT2D eigenvalue weighted by Crippen LogP contribution is 2.19. The second-order valence-electron chi connectivity index (χ2n) is 4.70. The lowest BCUT2D eigenvalue weighted by Gasteiger charge is -2.21. The minimum Gasteiger partial charge on any atom is -0.606 e. The minimum atomic E-state index is -0.0243. The lowest BCUT2D eigenvalue weighted by atomic mass is 10.1. The van der Waals surface area contributed by atoms with Gasteiger partial charge in [0.15, 0.2) is 0 Å². The SMILES string of the molecule is Cn1c(C2=N[NH+]([O-])CCC2)cnc1-c1ccccc1. The lowest BCUT2D eigenvalue weighted by Crippen LogP contribution is -3.03. The lowest BCUT2D eigenvalue weighted by molar-refractivity contribution is -0.857. The van der Waals surface area contributed by atoms with E-state index in [0.29, 0.717) is 6.54 Å². The zero-order chi connectivity index (χ0) is 13.2. The van der Waals surface area contributed by atoms with Gasteiger partial charge in [-0.3, -0.25) is 0 Å². The number of hydroxylamine groups is 1. The van der Waals surface area contributed by atoms with Crippen LogP contribution in [-0.4, -0.2) is 21.8 Å². The highest BCUT2D eigenvalue weighted by atomic mass is 16.5. The molecule has 0 fully saturated rings. The van der Waals surface area contributed by atoms with Crippen molar-refractivity contribution in [3.63, 3.8) is 0 Å². The van der Waals surface area contributed by atoms with Crippen molar-refractivity contribution in [1.29, 1.82) is 0 Å². The molecule has 1 aromatic heterocycles. The Morgan fingerprint density at radius 2 is 2.05 bits per heavy atom. The van der Waals surface area contributed by atoms with Crippen LogP contribution in [0.5, 0.6) is 0 Å². The summed E-state index contributed by atoms with van der Waals surface area (Å²) >= 11 is 0. The molecule has 0 saturated heterocycles. The first kappa shape index (κ1) is 12.1. The fourth-order valence-corrected chi connectivity index (χ4v) is 2.39. The van der Waals surface area contributed by atoms with Crippen LogP contribution in [-0.2, 0) is 7.05 Å². The number of aromatic nitrogens is 2. The number of hydrogen-bond donors (Lipinski definition) is 1. The Labute approximate surface area is 111 Å². The van der Waals surface area contributed by atoms with Gasteiger partial charge in [-0.05, 0) is 0 Å². The van der Waals surface area contributed by atoms with Gasteiger partial charge in [-0.15, -0.1) is 0 Å². The third kappa shape index (κ3) is 2.30. The second kappa shape index (κ2) is 4.95. The molecule has 0 saturated carbocycles. The Morgan fingerprint density at radius 1 is 1.26 bits per heavy atom. The van der Waals surface area contributed by atoms with Crippen molar-refractivity contribution in [2.45, 2.75) is 12.8 Å². The third-order valence-electron chi connectivity index (χ3n) is 3.38. The van der Waals surface area contributed by atoms with Crippen LogP contribution in [0.15, 0.2) is 41.6 Å². The van der Waals surface area contributed by atoms with E-state index in [9.17, 15) is 5.21 Å². The van der Waals surface area contributed by atoms with Gasteiger partial charge in [0.2, 0.25) is 0 Å². The quantitative estimate of drug-likeness (QED) is 0.814. The second-order valence-corrected chi connectivity index (χ2v) is 4.70. The molecule has 0 bridgehead atoms. The maximum Gasteiger partial charge on any atom is 0.140 e. The first-order chi connectivity index (χ1) is 9.25. The molecule has 0 radical (unpaired) electrons. The molecule has 1 aromatic carbocycles. The van der Waals surface area contributed by atoms with Crippen LogP contribution < -0.4 is 5.17 Å². The van der Waals surface area contributed by atoms with Crippen LogP contribution in [0.2, 0.25) is 0 Å². The number of nitrogens with zero attached hydrogens (tertiary/aromatic N) is 3. The minimum absolute atomic E-state index is 0.0243. The topological polar surface area (TPSA) is 57.7 Å². The number of rotatable bonds is 2. The van der Waals surface area contributed by atoms with Crippen molar-refractivity contribution in [1.82, 2.24) is 9.55 Å². The van der Waals surface area contributed by atoms with E-state index in [4.69, 9.17) is 0 Å². The summed E-state index contributed by atoms with van der Waals surface area (Å²) in [5.74, 6) is 0.899. The predicted molar refractivity (Wildman–Crippen MR) is 73.6 cm³/mol. The summed E-state index contributed by atoms with van der Waals surface area (Å²) in [6.45, 7) is 0.562. The molecule has 19 heavy (non-hydrogen) atoms. The largest absolute Gasteiger partial charge is 0.606 e. The average Bonchev–Trinajstić information content (AvgIpc) is 2.81. The van der Waals surface area contributed by atoms with Crippen LogP contribution in [0, 0.1) is 5.21 Å². The summed E-state index contributed by atoms with van der Waals surface area (Å²) in [5.41, 5.74) is 2.86. The molecule has 0 aliphatic carbocycles. The third-order valence-corrected chi connectivity index (χ3v) is 3.38. The van der Waals surface area contributed by atoms with Crippen molar-refractivity contribution >= 4 is 5.71 Å². The van der Waals surface area contributed by atoms with Crippen LogP contribution in [0.1, 0.15) is 18.5 Å². The highest BCUT2D eigenvalue weighted by Gasteiger charge is 2.18. The molecule has 1 aliphatic heterocycles. The summed E-state index contributed by atoms with van der Waals surface area (Å²) in [6.07, 6.45) is 3.53. The molecular weight excluding hydrogens is 240 g/mol. The van der Waals surface area contributed by atoms with Crippen molar-refractivity contribution in [2.75, 3.05) is 6.54 Å². The molecule has 1 aliphatic rings. The van der Waals surface area contributed by atoms with Crippen LogP contribution in [0.4, 0.5) is 0 Å². The number of imidazole rings is 1. The van der Waals surface area contributed by atoms with Gasteiger partial charge >= 0.3 is 0 Å². The number of hydrogen-bond acceptors (Lipinski definition) is 3. The van der Waals surface area contributed by atoms with E-state index in [-0.39, 0.29) is 5.17 Å². The molecule has 0 spiro atoms. The average molecular weight is 256 g/mol. The molecule has 2 aromatic rings. The van der Waals surface area contributed by atoms with Gasteiger partial charge in [0.1, 0.15) is 18.1 Å². The number of quaternary nitrogens is 1. The number of nitrogens with one attached hydrogen (secondary N) is 1. The molecule has 0 amide bonds. The van der Waals surface area contributed by atoms with Gasteiger partial charge < -0.3 is 9.77 Å². The van der Waals surface area contributed by atoms with Gasteiger partial charge in [0.25, 0.3) is 0 Å². The fraction of sp³-hybridized carbons (Fsp3) is 0.286. The van der Waals surface area contributed by atoms with Crippen LogP contribution in [0.25, 0.3) is 11.4 Å². The van der Waals surface area contributed by atoms with E-state index in [1.165, 1.54) is 0 Å². The Morgan fingerprint density at radius 3 is 2.79 bits per heavy atom. The normalized spacial score (nSPS) is 19.3. The highest BCUT2D eigenvalue weighted by molar-refractivity contribution is 5.99. The van der Waals surface area contributed by atoms with E-state index >= 15 is 0 Å². The molecule has 5 heteroatoms. The standard InChI is InChI=1S/C14H16N4O/c1-17-13(12-8-5-9-18(19)16-12)10-15-14(17)11-6-3-2-4-7-11/h2-4,6-7,10,18H,5,8-9H2,1H3. The van der Waals surface area contributed by atoms with Crippen molar-refractivity contribution in [3.05, 3.63) is 47.4 Å². The summed E-state index contributed by atoms with van der Waals surface area (Å²) < 4.78 is 2.01. The predicted octanol–water partition coefficient (Wildman–Crippen LogP) is 0.968. The van der Waals surface area contributed by atoms with E-state index in [0.717, 1.165) is 35.6 Å². The molecule has 98 valence electrons. The number of benzene rings is 1. The maximum atomic E-state index is 11.4. The monoisotopic (exact) mass is 256 g/mol. The van der Waals surface area contributed by atoms with Crippen molar-refractivity contribution in [3.8, 4) is 11.4 Å². The molecular formula is C14H16N4O. The van der Waals surface area contributed by atoms with Gasteiger partial charge in [0.05, 0.1) is 11.9 Å². The first-order valence-electron chi connectivity index (χ1n) is 6.43. The Balaban J connectivity index is 2.00. The summed E-state index contributed by atoms with van der Waals surface area (Å²) in [5, 5.41) is 15.5. The summed E-state index contributed by atoms with van der Waals surface area (Å²) in [4.78, 5) is 4.46. The van der Waals surface area contributed by atoms with Gasteiger partial charge in [-0.2, -0.15) is 0 Å². The molecule has 2 heterocycles. The van der Waals surface area contributed by atoms with Crippen LogP contribution in [0.3, 0.4) is 0 Å². The summed E-state index contributed by atoms with van der Waals surface area (Å²) in [6, 6.07) is 10.0. The zero-order valence-corrected chi connectivity index (χ0v) is 10.8. The summed E-state index contributed by atoms with van der Waals surface area (Å²) in [7, 11) is 1.96. The fourth-order valence-electron chi connectivity index (χ4n) is 2.39. The Hall–Kier alpha value is -1.98. The smallest absolute Gasteiger partial charge is 0.140 e. The van der Waals surface area contributed by atoms with Crippen molar-refractivity contribution in [2.24, 2.45) is 12.1 Å². The Kier molecular flexibility index (Phi) is 3.15. The van der Waals surface area contributed by atoms with Gasteiger partial charge in [0, 0.05) is 25.5 Å². The van der Waals surface area contributed by atoms with Crippen LogP contribution >= 0.6 is 0 Å². The first-order valence-corrected chi connectivity index (χ1v) is 6.43.